The van der Waals surface area contributed by atoms with Crippen molar-refractivity contribution in [2.45, 2.75) is 13.0 Å². The highest BCUT2D eigenvalue weighted by Gasteiger charge is 2.13. The SMILES string of the molecule is C[C@H](NC(=O)c1ccc(N)cc1)c1ccccc1Br. The molecule has 19 heavy (non-hydrogen) atoms. The number of amides is 1. The Balaban J connectivity index is 2.11. The number of carbonyl (C=O) groups excluding carboxylic acids is 1. The Kier molecular flexibility index (Phi) is 4.22. The van der Waals surface area contributed by atoms with Crippen LogP contribution in [0.25, 0.3) is 0 Å². The Morgan fingerprint density at radius 3 is 2.42 bits per heavy atom. The third kappa shape index (κ3) is 3.35. The number of hydrogen-bond acceptors (Lipinski definition) is 2. The van der Waals surface area contributed by atoms with Gasteiger partial charge in [0.2, 0.25) is 0 Å². The van der Waals surface area contributed by atoms with Crippen molar-refractivity contribution in [2.75, 3.05) is 5.73 Å². The van der Waals surface area contributed by atoms with E-state index in [4.69, 9.17) is 5.73 Å². The molecule has 0 unspecified atom stereocenters. The van der Waals surface area contributed by atoms with Crippen molar-refractivity contribution in [2.24, 2.45) is 0 Å². The summed E-state index contributed by atoms with van der Waals surface area (Å²) in [4.78, 5) is 12.1. The normalized spacial score (nSPS) is 11.9. The fourth-order valence-electron chi connectivity index (χ4n) is 1.82. The molecule has 0 saturated heterocycles. The summed E-state index contributed by atoms with van der Waals surface area (Å²) >= 11 is 3.48. The van der Waals surface area contributed by atoms with E-state index in [2.05, 4.69) is 21.2 Å². The monoisotopic (exact) mass is 318 g/mol. The maximum Gasteiger partial charge on any atom is 0.251 e. The molecule has 3 N–H and O–H groups in total. The number of rotatable bonds is 3. The lowest BCUT2D eigenvalue weighted by atomic mass is 10.1. The van der Waals surface area contributed by atoms with Crippen molar-refractivity contribution in [1.29, 1.82) is 0 Å². The number of hydrogen-bond donors (Lipinski definition) is 2. The van der Waals surface area contributed by atoms with Crippen LogP contribution in [0.1, 0.15) is 28.9 Å². The average molecular weight is 319 g/mol. The smallest absolute Gasteiger partial charge is 0.251 e. The van der Waals surface area contributed by atoms with Gasteiger partial charge in [0.25, 0.3) is 5.91 Å². The molecule has 0 heterocycles. The fourth-order valence-corrected chi connectivity index (χ4v) is 2.45. The van der Waals surface area contributed by atoms with E-state index in [0.717, 1.165) is 10.0 Å². The zero-order valence-electron chi connectivity index (χ0n) is 10.6. The summed E-state index contributed by atoms with van der Waals surface area (Å²) in [5.74, 6) is -0.108. The summed E-state index contributed by atoms with van der Waals surface area (Å²) in [6.45, 7) is 1.95. The Morgan fingerprint density at radius 2 is 1.79 bits per heavy atom. The zero-order chi connectivity index (χ0) is 13.8. The van der Waals surface area contributed by atoms with Gasteiger partial charge < -0.3 is 11.1 Å². The van der Waals surface area contributed by atoms with Gasteiger partial charge in [-0.25, -0.2) is 0 Å². The Labute approximate surface area is 121 Å². The van der Waals surface area contributed by atoms with Crippen molar-refractivity contribution in [1.82, 2.24) is 5.32 Å². The molecule has 4 heteroatoms. The second-order valence-electron chi connectivity index (χ2n) is 4.34. The predicted octanol–water partition coefficient (Wildman–Crippen LogP) is 3.52. The quantitative estimate of drug-likeness (QED) is 0.851. The predicted molar refractivity (Wildman–Crippen MR) is 80.9 cm³/mol. The van der Waals surface area contributed by atoms with Crippen molar-refractivity contribution >= 4 is 27.5 Å². The van der Waals surface area contributed by atoms with Crippen LogP contribution in [0.4, 0.5) is 5.69 Å². The van der Waals surface area contributed by atoms with E-state index in [9.17, 15) is 4.79 Å². The molecule has 1 atom stereocenters. The first-order chi connectivity index (χ1) is 9.08. The summed E-state index contributed by atoms with van der Waals surface area (Å²) < 4.78 is 0.986. The topological polar surface area (TPSA) is 55.1 Å². The number of carbonyl (C=O) groups is 1. The number of halogens is 1. The second-order valence-corrected chi connectivity index (χ2v) is 5.19. The highest BCUT2D eigenvalue weighted by Crippen LogP contribution is 2.23. The number of nitrogens with two attached hydrogens (primary N) is 1. The number of anilines is 1. The highest BCUT2D eigenvalue weighted by molar-refractivity contribution is 9.10. The van der Waals surface area contributed by atoms with E-state index in [1.807, 2.05) is 31.2 Å². The average Bonchev–Trinajstić information content (AvgIpc) is 2.39. The maximum atomic E-state index is 12.1. The van der Waals surface area contributed by atoms with Crippen LogP contribution in [0.3, 0.4) is 0 Å². The molecule has 0 radical (unpaired) electrons. The molecule has 3 nitrogen and oxygen atoms in total. The molecule has 0 saturated carbocycles. The maximum absolute atomic E-state index is 12.1. The van der Waals surface area contributed by atoms with Crippen molar-refractivity contribution in [3.05, 3.63) is 64.1 Å². The lowest BCUT2D eigenvalue weighted by Gasteiger charge is -2.16. The van der Waals surface area contributed by atoms with E-state index in [1.165, 1.54) is 0 Å². The van der Waals surface area contributed by atoms with Crippen molar-refractivity contribution < 1.29 is 4.79 Å². The minimum Gasteiger partial charge on any atom is -0.399 e. The van der Waals surface area contributed by atoms with Crippen molar-refractivity contribution in [3.8, 4) is 0 Å². The molecular weight excluding hydrogens is 304 g/mol. The van der Waals surface area contributed by atoms with Crippen LogP contribution in [0.2, 0.25) is 0 Å². The van der Waals surface area contributed by atoms with E-state index in [1.54, 1.807) is 24.3 Å². The van der Waals surface area contributed by atoms with Gasteiger partial charge in [-0.05, 0) is 42.8 Å². The Bertz CT molecular complexity index is 581. The zero-order valence-corrected chi connectivity index (χ0v) is 12.1. The molecule has 2 rings (SSSR count). The van der Waals surface area contributed by atoms with Gasteiger partial charge in [-0.15, -0.1) is 0 Å². The first-order valence-electron chi connectivity index (χ1n) is 5.99. The molecule has 1 amide bonds. The summed E-state index contributed by atoms with van der Waals surface area (Å²) in [6, 6.07) is 14.7. The second kappa shape index (κ2) is 5.89. The number of nitrogens with one attached hydrogen (secondary N) is 1. The summed E-state index contributed by atoms with van der Waals surface area (Å²) in [6.07, 6.45) is 0. The minimum absolute atomic E-state index is 0.0689. The van der Waals surface area contributed by atoms with Crippen LogP contribution >= 0.6 is 15.9 Å². The van der Waals surface area contributed by atoms with Gasteiger partial charge in [-0.1, -0.05) is 34.1 Å². The highest BCUT2D eigenvalue weighted by atomic mass is 79.9. The largest absolute Gasteiger partial charge is 0.399 e. The van der Waals surface area contributed by atoms with Gasteiger partial charge in [-0.3, -0.25) is 4.79 Å². The van der Waals surface area contributed by atoms with E-state index < -0.39 is 0 Å². The van der Waals surface area contributed by atoms with Gasteiger partial charge in [0.05, 0.1) is 6.04 Å². The van der Waals surface area contributed by atoms with Crippen LogP contribution in [-0.2, 0) is 0 Å². The Hall–Kier alpha value is -1.81. The van der Waals surface area contributed by atoms with Crippen LogP contribution in [0.5, 0.6) is 0 Å². The molecule has 0 aliphatic rings. The van der Waals surface area contributed by atoms with Crippen LogP contribution in [-0.4, -0.2) is 5.91 Å². The summed E-state index contributed by atoms with van der Waals surface area (Å²) in [5, 5.41) is 2.96. The molecule has 0 aliphatic carbocycles. The minimum atomic E-state index is -0.108. The molecule has 98 valence electrons. The standard InChI is InChI=1S/C15H15BrN2O/c1-10(13-4-2-3-5-14(13)16)18-15(19)11-6-8-12(17)9-7-11/h2-10H,17H2,1H3,(H,18,19)/t10-/m0/s1. The third-order valence-corrected chi connectivity index (χ3v) is 3.61. The Morgan fingerprint density at radius 1 is 1.16 bits per heavy atom. The first kappa shape index (κ1) is 13.6. The van der Waals surface area contributed by atoms with Crippen LogP contribution < -0.4 is 11.1 Å². The van der Waals surface area contributed by atoms with Gasteiger partial charge in [0, 0.05) is 15.7 Å². The van der Waals surface area contributed by atoms with Gasteiger partial charge in [0.1, 0.15) is 0 Å². The van der Waals surface area contributed by atoms with Gasteiger partial charge in [-0.2, -0.15) is 0 Å². The van der Waals surface area contributed by atoms with Gasteiger partial charge in [0.15, 0.2) is 0 Å². The number of nitrogen functional groups attached to an aromatic ring is 1. The molecule has 0 spiro atoms. The first-order valence-corrected chi connectivity index (χ1v) is 6.78. The third-order valence-electron chi connectivity index (χ3n) is 2.89. The van der Waals surface area contributed by atoms with Crippen molar-refractivity contribution in [3.63, 3.8) is 0 Å². The molecule has 0 aliphatic heterocycles. The summed E-state index contributed by atoms with van der Waals surface area (Å²) in [5.41, 5.74) is 7.90. The van der Waals surface area contributed by atoms with E-state index in [-0.39, 0.29) is 11.9 Å². The summed E-state index contributed by atoms with van der Waals surface area (Å²) in [7, 11) is 0. The lowest BCUT2D eigenvalue weighted by Crippen LogP contribution is -2.26. The molecule has 2 aromatic rings. The molecular formula is C15H15BrN2O. The molecule has 0 fully saturated rings. The fraction of sp³-hybridized carbons (Fsp3) is 0.133. The van der Waals surface area contributed by atoms with Crippen LogP contribution in [0, 0.1) is 0 Å². The van der Waals surface area contributed by atoms with E-state index in [0.29, 0.717) is 11.3 Å². The number of benzene rings is 2. The van der Waals surface area contributed by atoms with Crippen LogP contribution in [0.15, 0.2) is 53.0 Å². The molecule has 2 aromatic carbocycles. The molecule has 0 bridgehead atoms. The van der Waals surface area contributed by atoms with E-state index >= 15 is 0 Å². The molecule has 0 aromatic heterocycles. The van der Waals surface area contributed by atoms with Gasteiger partial charge >= 0.3 is 0 Å². The lowest BCUT2D eigenvalue weighted by molar-refractivity contribution is 0.0940.